The highest BCUT2D eigenvalue weighted by molar-refractivity contribution is 5.76. The van der Waals surface area contributed by atoms with Gasteiger partial charge in [0.2, 0.25) is 0 Å². The molecule has 1 atom stereocenters. The van der Waals surface area contributed by atoms with Crippen molar-refractivity contribution in [1.29, 1.82) is 0 Å². The molecule has 17 heavy (non-hydrogen) atoms. The lowest BCUT2D eigenvalue weighted by atomic mass is 10.2. The highest BCUT2D eigenvalue weighted by Crippen LogP contribution is 2.20. The van der Waals surface area contributed by atoms with E-state index in [1.807, 2.05) is 6.07 Å². The van der Waals surface area contributed by atoms with E-state index in [9.17, 15) is 0 Å². The van der Waals surface area contributed by atoms with Crippen LogP contribution in [0.5, 0.6) is 0 Å². The second-order valence-electron chi connectivity index (χ2n) is 4.57. The van der Waals surface area contributed by atoms with Crippen LogP contribution in [0.15, 0.2) is 24.3 Å². The summed E-state index contributed by atoms with van der Waals surface area (Å²) in [6, 6.07) is 8.77. The first kappa shape index (κ1) is 12.1. The van der Waals surface area contributed by atoms with Gasteiger partial charge < -0.3 is 9.88 Å². The summed E-state index contributed by atoms with van der Waals surface area (Å²) in [7, 11) is 0. The fourth-order valence-corrected chi connectivity index (χ4v) is 2.30. The van der Waals surface area contributed by atoms with Crippen LogP contribution in [0.2, 0.25) is 0 Å². The molecule has 0 fully saturated rings. The number of imidazole rings is 1. The zero-order valence-corrected chi connectivity index (χ0v) is 10.9. The molecular formula is C14H21N3. The largest absolute Gasteiger partial charge is 0.324 e. The van der Waals surface area contributed by atoms with E-state index in [1.54, 1.807) is 0 Å². The zero-order chi connectivity index (χ0) is 12.3. The van der Waals surface area contributed by atoms with Gasteiger partial charge >= 0.3 is 0 Å². The SMILES string of the molecule is CCCNCC(C)n1c(C)nc2ccccc21. The number of nitrogens with zero attached hydrogens (tertiary/aromatic N) is 2. The first-order valence-corrected chi connectivity index (χ1v) is 6.38. The number of benzene rings is 1. The molecule has 0 amide bonds. The van der Waals surface area contributed by atoms with Gasteiger partial charge in [0.15, 0.2) is 0 Å². The molecular weight excluding hydrogens is 210 g/mol. The van der Waals surface area contributed by atoms with Crippen LogP contribution in [0, 0.1) is 6.92 Å². The highest BCUT2D eigenvalue weighted by atomic mass is 15.1. The molecule has 0 saturated carbocycles. The average Bonchev–Trinajstić information content (AvgIpc) is 2.65. The highest BCUT2D eigenvalue weighted by Gasteiger charge is 2.11. The molecule has 0 aliphatic heterocycles. The molecule has 3 heteroatoms. The molecule has 1 N–H and O–H groups in total. The summed E-state index contributed by atoms with van der Waals surface area (Å²) in [5.74, 6) is 1.09. The number of fused-ring (bicyclic) bond motifs is 1. The Morgan fingerprint density at radius 2 is 2.12 bits per heavy atom. The second-order valence-corrected chi connectivity index (χ2v) is 4.57. The summed E-state index contributed by atoms with van der Waals surface area (Å²) in [6.07, 6.45) is 1.18. The van der Waals surface area contributed by atoms with Gasteiger partial charge in [0.05, 0.1) is 11.0 Å². The van der Waals surface area contributed by atoms with Crippen LogP contribution in [0.4, 0.5) is 0 Å². The zero-order valence-electron chi connectivity index (χ0n) is 10.9. The van der Waals surface area contributed by atoms with Gasteiger partial charge in [-0.15, -0.1) is 0 Å². The summed E-state index contributed by atoms with van der Waals surface area (Å²) in [5, 5.41) is 3.47. The van der Waals surface area contributed by atoms with Gasteiger partial charge in [0.1, 0.15) is 5.82 Å². The lowest BCUT2D eigenvalue weighted by molar-refractivity contribution is 0.495. The normalized spacial score (nSPS) is 13.1. The maximum Gasteiger partial charge on any atom is 0.107 e. The van der Waals surface area contributed by atoms with Crippen LogP contribution in [0.25, 0.3) is 11.0 Å². The average molecular weight is 231 g/mol. The summed E-state index contributed by atoms with van der Waals surface area (Å²) in [4.78, 5) is 4.60. The minimum Gasteiger partial charge on any atom is -0.324 e. The van der Waals surface area contributed by atoms with Crippen molar-refractivity contribution in [1.82, 2.24) is 14.9 Å². The van der Waals surface area contributed by atoms with Crippen molar-refractivity contribution < 1.29 is 0 Å². The van der Waals surface area contributed by atoms with Crippen LogP contribution in [-0.4, -0.2) is 22.6 Å². The van der Waals surface area contributed by atoms with Crippen molar-refractivity contribution in [2.75, 3.05) is 13.1 Å². The molecule has 0 aliphatic rings. The Labute approximate surface area is 103 Å². The standard InChI is InChI=1S/C14H21N3/c1-4-9-15-10-11(2)17-12(3)16-13-7-5-6-8-14(13)17/h5-8,11,15H,4,9-10H2,1-3H3. The molecule has 0 spiro atoms. The Hall–Kier alpha value is -1.35. The number of hydrogen-bond acceptors (Lipinski definition) is 2. The molecule has 1 unspecified atom stereocenters. The molecule has 1 aromatic carbocycles. The Kier molecular flexibility index (Phi) is 3.79. The predicted octanol–water partition coefficient (Wildman–Crippen LogP) is 2.91. The third kappa shape index (κ3) is 2.50. The smallest absolute Gasteiger partial charge is 0.107 e. The van der Waals surface area contributed by atoms with Gasteiger partial charge in [-0.05, 0) is 38.9 Å². The summed E-state index contributed by atoms with van der Waals surface area (Å²) >= 11 is 0. The van der Waals surface area contributed by atoms with E-state index in [0.717, 1.165) is 24.4 Å². The molecule has 1 aromatic heterocycles. The summed E-state index contributed by atoms with van der Waals surface area (Å²) in [5.41, 5.74) is 2.32. The van der Waals surface area contributed by atoms with Gasteiger partial charge in [0, 0.05) is 12.6 Å². The number of hydrogen-bond donors (Lipinski definition) is 1. The van der Waals surface area contributed by atoms with Gasteiger partial charge in [-0.3, -0.25) is 0 Å². The third-order valence-corrected chi connectivity index (χ3v) is 3.08. The fraction of sp³-hybridized carbons (Fsp3) is 0.500. The lowest BCUT2D eigenvalue weighted by Crippen LogP contribution is -2.24. The molecule has 0 bridgehead atoms. The maximum atomic E-state index is 4.60. The van der Waals surface area contributed by atoms with E-state index < -0.39 is 0 Å². The number of aromatic nitrogens is 2. The molecule has 0 aliphatic carbocycles. The molecule has 3 nitrogen and oxygen atoms in total. The summed E-state index contributed by atoms with van der Waals surface area (Å²) in [6.45, 7) is 8.58. The molecule has 1 heterocycles. The van der Waals surface area contributed by atoms with Crippen LogP contribution >= 0.6 is 0 Å². The molecule has 92 valence electrons. The molecule has 0 radical (unpaired) electrons. The van der Waals surface area contributed by atoms with Crippen molar-refractivity contribution in [2.24, 2.45) is 0 Å². The van der Waals surface area contributed by atoms with Crippen molar-refractivity contribution in [3.8, 4) is 0 Å². The molecule has 2 rings (SSSR count). The fourth-order valence-electron chi connectivity index (χ4n) is 2.30. The van der Waals surface area contributed by atoms with Crippen molar-refractivity contribution in [2.45, 2.75) is 33.2 Å². The lowest BCUT2D eigenvalue weighted by Gasteiger charge is -2.17. The Morgan fingerprint density at radius 3 is 2.88 bits per heavy atom. The van der Waals surface area contributed by atoms with Gasteiger partial charge in [0.25, 0.3) is 0 Å². The van der Waals surface area contributed by atoms with Crippen molar-refractivity contribution in [3.63, 3.8) is 0 Å². The van der Waals surface area contributed by atoms with Gasteiger partial charge in [-0.2, -0.15) is 0 Å². The van der Waals surface area contributed by atoms with E-state index in [-0.39, 0.29) is 0 Å². The number of para-hydroxylation sites is 2. The van der Waals surface area contributed by atoms with Crippen LogP contribution in [0.3, 0.4) is 0 Å². The van der Waals surface area contributed by atoms with Crippen molar-refractivity contribution in [3.05, 3.63) is 30.1 Å². The predicted molar refractivity (Wildman–Crippen MR) is 72.3 cm³/mol. The maximum absolute atomic E-state index is 4.60. The minimum absolute atomic E-state index is 0.439. The van der Waals surface area contributed by atoms with Crippen molar-refractivity contribution >= 4 is 11.0 Å². The first-order valence-electron chi connectivity index (χ1n) is 6.38. The van der Waals surface area contributed by atoms with E-state index in [4.69, 9.17) is 0 Å². The third-order valence-electron chi connectivity index (χ3n) is 3.08. The van der Waals surface area contributed by atoms with E-state index >= 15 is 0 Å². The van der Waals surface area contributed by atoms with E-state index in [1.165, 1.54) is 11.9 Å². The quantitative estimate of drug-likeness (QED) is 0.802. The van der Waals surface area contributed by atoms with Crippen LogP contribution in [-0.2, 0) is 0 Å². The number of aryl methyl sites for hydroxylation is 1. The van der Waals surface area contributed by atoms with E-state index in [0.29, 0.717) is 6.04 Å². The summed E-state index contributed by atoms with van der Waals surface area (Å²) < 4.78 is 2.32. The molecule has 0 saturated heterocycles. The Balaban J connectivity index is 2.24. The number of rotatable bonds is 5. The Bertz CT molecular complexity index is 487. The second kappa shape index (κ2) is 5.32. The van der Waals surface area contributed by atoms with Crippen LogP contribution < -0.4 is 5.32 Å². The first-order chi connectivity index (χ1) is 8.24. The van der Waals surface area contributed by atoms with Gasteiger partial charge in [-0.25, -0.2) is 4.98 Å². The monoisotopic (exact) mass is 231 g/mol. The molecule has 2 aromatic rings. The topological polar surface area (TPSA) is 29.9 Å². The minimum atomic E-state index is 0.439. The number of nitrogens with one attached hydrogen (secondary N) is 1. The van der Waals surface area contributed by atoms with Crippen LogP contribution in [0.1, 0.15) is 32.1 Å². The van der Waals surface area contributed by atoms with Gasteiger partial charge in [-0.1, -0.05) is 19.1 Å². The van der Waals surface area contributed by atoms with E-state index in [2.05, 4.69) is 53.8 Å². The Morgan fingerprint density at radius 1 is 1.35 bits per heavy atom.